The zero-order valence-electron chi connectivity index (χ0n) is 11.7. The van der Waals surface area contributed by atoms with Gasteiger partial charge < -0.3 is 5.11 Å². The first-order chi connectivity index (χ1) is 9.38. The molecule has 0 aliphatic rings. The SMILES string of the molecule is CC(C)C(CCO)NS(=O)(=O)Cc1ccc(C#N)cc1. The zero-order valence-corrected chi connectivity index (χ0v) is 12.5. The van der Waals surface area contributed by atoms with Gasteiger partial charge in [0.1, 0.15) is 0 Å². The summed E-state index contributed by atoms with van der Waals surface area (Å²) in [6.45, 7) is 3.76. The number of rotatable bonds is 7. The molecule has 0 aliphatic carbocycles. The fourth-order valence-electron chi connectivity index (χ4n) is 1.83. The Morgan fingerprint density at radius 2 is 1.90 bits per heavy atom. The summed E-state index contributed by atoms with van der Waals surface area (Å²) in [7, 11) is -3.46. The molecule has 1 unspecified atom stereocenters. The topological polar surface area (TPSA) is 90.2 Å². The van der Waals surface area contributed by atoms with Gasteiger partial charge in [0.15, 0.2) is 0 Å². The van der Waals surface area contributed by atoms with Gasteiger partial charge >= 0.3 is 0 Å². The van der Waals surface area contributed by atoms with Crippen molar-refractivity contribution in [2.75, 3.05) is 6.61 Å². The van der Waals surface area contributed by atoms with E-state index in [0.29, 0.717) is 17.5 Å². The van der Waals surface area contributed by atoms with Gasteiger partial charge in [-0.2, -0.15) is 5.26 Å². The molecular weight excluding hydrogens is 276 g/mol. The number of aliphatic hydroxyl groups is 1. The lowest BCUT2D eigenvalue weighted by molar-refractivity contribution is 0.256. The van der Waals surface area contributed by atoms with Crippen LogP contribution in [-0.4, -0.2) is 26.2 Å². The lowest BCUT2D eigenvalue weighted by atomic mass is 10.0. The Hall–Kier alpha value is -1.42. The standard InChI is InChI=1S/C14H20N2O3S/c1-11(2)14(7-8-17)16-20(18,19)10-13-5-3-12(9-15)4-6-13/h3-6,11,14,16-17H,7-8,10H2,1-2H3. The third-order valence-corrected chi connectivity index (χ3v) is 4.39. The van der Waals surface area contributed by atoms with Crippen LogP contribution in [-0.2, 0) is 15.8 Å². The van der Waals surface area contributed by atoms with Crippen LogP contribution in [0.4, 0.5) is 0 Å². The molecule has 20 heavy (non-hydrogen) atoms. The van der Waals surface area contributed by atoms with Crippen LogP contribution in [0.3, 0.4) is 0 Å². The molecule has 1 aromatic carbocycles. The van der Waals surface area contributed by atoms with Crippen LogP contribution in [0.5, 0.6) is 0 Å². The number of nitrogens with one attached hydrogen (secondary N) is 1. The average Bonchev–Trinajstić information content (AvgIpc) is 2.38. The zero-order chi connectivity index (χ0) is 15.2. The van der Waals surface area contributed by atoms with Gasteiger partial charge in [-0.1, -0.05) is 26.0 Å². The van der Waals surface area contributed by atoms with E-state index in [2.05, 4.69) is 4.72 Å². The van der Waals surface area contributed by atoms with Gasteiger partial charge in [-0.05, 0) is 30.0 Å². The molecule has 0 aliphatic heterocycles. The third-order valence-electron chi connectivity index (χ3n) is 3.02. The van der Waals surface area contributed by atoms with Crippen molar-refractivity contribution in [3.05, 3.63) is 35.4 Å². The molecule has 0 saturated carbocycles. The lowest BCUT2D eigenvalue weighted by Crippen LogP contribution is -2.39. The predicted octanol–water partition coefficient (Wildman–Crippen LogP) is 1.38. The van der Waals surface area contributed by atoms with Crippen LogP contribution < -0.4 is 4.72 Å². The lowest BCUT2D eigenvalue weighted by Gasteiger charge is -2.21. The number of hydrogen-bond acceptors (Lipinski definition) is 4. The summed E-state index contributed by atoms with van der Waals surface area (Å²) in [5, 5.41) is 17.7. The Morgan fingerprint density at radius 3 is 2.35 bits per heavy atom. The summed E-state index contributed by atoms with van der Waals surface area (Å²) in [5.74, 6) is -0.0224. The summed E-state index contributed by atoms with van der Waals surface area (Å²) < 4.78 is 26.8. The van der Waals surface area contributed by atoms with E-state index in [4.69, 9.17) is 10.4 Å². The van der Waals surface area contributed by atoms with Crippen LogP contribution in [0.15, 0.2) is 24.3 Å². The second-order valence-corrected chi connectivity index (χ2v) is 6.80. The second-order valence-electron chi connectivity index (χ2n) is 5.05. The van der Waals surface area contributed by atoms with Gasteiger partial charge in [0, 0.05) is 12.6 Å². The largest absolute Gasteiger partial charge is 0.396 e. The molecule has 0 aromatic heterocycles. The molecule has 0 saturated heterocycles. The van der Waals surface area contributed by atoms with E-state index in [9.17, 15) is 8.42 Å². The smallest absolute Gasteiger partial charge is 0.216 e. The van der Waals surface area contributed by atoms with Crippen molar-refractivity contribution in [2.45, 2.75) is 32.1 Å². The minimum atomic E-state index is -3.46. The molecule has 0 fully saturated rings. The predicted molar refractivity (Wildman–Crippen MR) is 77.2 cm³/mol. The summed E-state index contributed by atoms with van der Waals surface area (Å²) in [6.07, 6.45) is 0.393. The van der Waals surface area contributed by atoms with E-state index >= 15 is 0 Å². The maximum atomic E-state index is 12.1. The summed E-state index contributed by atoms with van der Waals surface area (Å²) >= 11 is 0. The quantitative estimate of drug-likeness (QED) is 0.795. The molecule has 0 radical (unpaired) electrons. The molecule has 0 amide bonds. The van der Waals surface area contributed by atoms with Crippen LogP contribution in [0.25, 0.3) is 0 Å². The number of hydrogen-bond donors (Lipinski definition) is 2. The fourth-order valence-corrected chi connectivity index (χ4v) is 3.40. The molecule has 0 spiro atoms. The number of aliphatic hydroxyl groups excluding tert-OH is 1. The molecule has 0 heterocycles. The Kier molecular flexibility index (Phi) is 6.14. The number of nitriles is 1. The van der Waals surface area contributed by atoms with Crippen LogP contribution in [0, 0.1) is 17.2 Å². The Bertz CT molecular complexity index is 559. The van der Waals surface area contributed by atoms with Gasteiger partial charge in [-0.15, -0.1) is 0 Å². The minimum Gasteiger partial charge on any atom is -0.396 e. The van der Waals surface area contributed by atoms with Crippen LogP contribution in [0.1, 0.15) is 31.4 Å². The highest BCUT2D eigenvalue weighted by Crippen LogP contribution is 2.11. The van der Waals surface area contributed by atoms with Crippen molar-refractivity contribution in [3.63, 3.8) is 0 Å². The first kappa shape index (κ1) is 16.6. The molecule has 2 N–H and O–H groups in total. The highest BCUT2D eigenvalue weighted by molar-refractivity contribution is 7.88. The maximum absolute atomic E-state index is 12.1. The molecule has 110 valence electrons. The normalized spacial score (nSPS) is 13.2. The Labute approximate surface area is 120 Å². The highest BCUT2D eigenvalue weighted by atomic mass is 32.2. The Balaban J connectivity index is 2.75. The first-order valence-electron chi connectivity index (χ1n) is 6.48. The maximum Gasteiger partial charge on any atom is 0.216 e. The van der Waals surface area contributed by atoms with Crippen molar-refractivity contribution in [3.8, 4) is 6.07 Å². The first-order valence-corrected chi connectivity index (χ1v) is 8.13. The monoisotopic (exact) mass is 296 g/mol. The third kappa shape index (κ3) is 5.29. The Morgan fingerprint density at radius 1 is 1.30 bits per heavy atom. The van der Waals surface area contributed by atoms with E-state index in [1.165, 1.54) is 0 Å². The molecule has 5 nitrogen and oxygen atoms in total. The summed E-state index contributed by atoms with van der Waals surface area (Å²) in [5.41, 5.74) is 1.13. The van der Waals surface area contributed by atoms with Gasteiger partial charge in [-0.3, -0.25) is 0 Å². The van der Waals surface area contributed by atoms with Gasteiger partial charge in [0.2, 0.25) is 10.0 Å². The van der Waals surface area contributed by atoms with E-state index in [-0.39, 0.29) is 24.3 Å². The fraction of sp³-hybridized carbons (Fsp3) is 0.500. The van der Waals surface area contributed by atoms with Gasteiger partial charge in [0.05, 0.1) is 17.4 Å². The second kappa shape index (κ2) is 7.39. The van der Waals surface area contributed by atoms with E-state index in [1.807, 2.05) is 19.9 Å². The van der Waals surface area contributed by atoms with E-state index in [0.717, 1.165) is 0 Å². The molecule has 1 aromatic rings. The van der Waals surface area contributed by atoms with Crippen molar-refractivity contribution in [1.82, 2.24) is 4.72 Å². The number of nitrogens with zero attached hydrogens (tertiary/aromatic N) is 1. The molecule has 6 heteroatoms. The van der Waals surface area contributed by atoms with Gasteiger partial charge in [-0.25, -0.2) is 13.1 Å². The number of benzene rings is 1. The molecular formula is C14H20N2O3S. The molecule has 1 atom stereocenters. The van der Waals surface area contributed by atoms with Crippen molar-refractivity contribution < 1.29 is 13.5 Å². The van der Waals surface area contributed by atoms with Crippen LogP contribution in [0.2, 0.25) is 0 Å². The molecule has 0 bridgehead atoms. The van der Waals surface area contributed by atoms with E-state index in [1.54, 1.807) is 24.3 Å². The summed E-state index contributed by atoms with van der Waals surface area (Å²) in [4.78, 5) is 0. The van der Waals surface area contributed by atoms with E-state index < -0.39 is 10.0 Å². The highest BCUT2D eigenvalue weighted by Gasteiger charge is 2.20. The molecule has 1 rings (SSSR count). The van der Waals surface area contributed by atoms with Crippen molar-refractivity contribution in [1.29, 1.82) is 5.26 Å². The minimum absolute atomic E-state index is 0.0533. The van der Waals surface area contributed by atoms with Gasteiger partial charge in [0.25, 0.3) is 0 Å². The average molecular weight is 296 g/mol. The van der Waals surface area contributed by atoms with Crippen LogP contribution >= 0.6 is 0 Å². The van der Waals surface area contributed by atoms with Crippen molar-refractivity contribution >= 4 is 10.0 Å². The number of sulfonamides is 1. The van der Waals surface area contributed by atoms with Crippen molar-refractivity contribution in [2.24, 2.45) is 5.92 Å². The summed E-state index contributed by atoms with van der Waals surface area (Å²) in [6, 6.07) is 8.17.